The minimum absolute atomic E-state index is 0.597. The molecule has 9 heteroatoms. The predicted molar refractivity (Wildman–Crippen MR) is 110 cm³/mol. The molecular formula is C16H45N9. The summed E-state index contributed by atoms with van der Waals surface area (Å²) in [5.41, 5.74) is 20.1. The molecule has 154 valence electrons. The molecule has 0 spiro atoms. The lowest BCUT2D eigenvalue weighted by Crippen LogP contribution is -2.34. The smallest absolute Gasteiger partial charge is 0.00767 e. The second-order valence-electron chi connectivity index (χ2n) is 5.61. The molecule has 0 aromatic carbocycles. The van der Waals surface area contributed by atoms with Crippen LogP contribution in [-0.4, -0.2) is 91.6 Å². The first-order chi connectivity index (χ1) is 12.3. The highest BCUT2D eigenvalue weighted by Gasteiger charge is 1.93. The number of nitrogens with one attached hydrogen (secondary N) is 5. The molecule has 1 saturated heterocycles. The monoisotopic (exact) mass is 363 g/mol. The Morgan fingerprint density at radius 2 is 0.800 bits per heavy atom. The van der Waals surface area contributed by atoms with E-state index in [0.717, 1.165) is 65.4 Å². The Morgan fingerprint density at radius 1 is 0.480 bits per heavy atom. The van der Waals surface area contributed by atoms with Gasteiger partial charge in [-0.2, -0.15) is 0 Å². The van der Waals surface area contributed by atoms with E-state index in [2.05, 4.69) is 26.6 Å². The second-order valence-corrected chi connectivity index (χ2v) is 5.61. The molecule has 1 heterocycles. The second kappa shape index (κ2) is 28.4. The summed E-state index contributed by atoms with van der Waals surface area (Å²) in [7, 11) is 0. The molecule has 1 fully saturated rings. The van der Waals surface area contributed by atoms with Gasteiger partial charge in [0.2, 0.25) is 0 Å². The van der Waals surface area contributed by atoms with Crippen molar-refractivity contribution in [2.75, 3.05) is 91.6 Å². The van der Waals surface area contributed by atoms with Crippen molar-refractivity contribution in [1.29, 1.82) is 0 Å². The first-order valence-electron chi connectivity index (χ1n) is 9.67. The number of hydrogen-bond acceptors (Lipinski definition) is 9. The Kier molecular flexibility index (Phi) is 30.6. The standard InChI is InChI=1S/C10H24N4.C4H13N3.C2H8N2/c1-3-11-7-9-13-5-2-6-14-10-8-12-4-1;5-1-3-7-4-2-6;3-1-2-4/h11-14H,1-10H2;7H,1-6H2;1-4H2. The van der Waals surface area contributed by atoms with E-state index in [4.69, 9.17) is 22.9 Å². The molecule has 1 aliphatic rings. The van der Waals surface area contributed by atoms with Crippen LogP contribution in [0.5, 0.6) is 0 Å². The average molecular weight is 364 g/mol. The van der Waals surface area contributed by atoms with Crippen LogP contribution < -0.4 is 49.5 Å². The van der Waals surface area contributed by atoms with Gasteiger partial charge in [0.15, 0.2) is 0 Å². The first-order valence-corrected chi connectivity index (χ1v) is 9.67. The molecule has 0 aromatic rings. The summed E-state index contributed by atoms with van der Waals surface area (Å²) < 4.78 is 0. The summed E-state index contributed by atoms with van der Waals surface area (Å²) in [6.45, 7) is 13.2. The quantitative estimate of drug-likeness (QED) is 0.226. The molecule has 0 atom stereocenters. The summed E-state index contributed by atoms with van der Waals surface area (Å²) in [6, 6.07) is 0. The van der Waals surface area contributed by atoms with Gasteiger partial charge >= 0.3 is 0 Å². The predicted octanol–water partition coefficient (Wildman–Crippen LogP) is -3.46. The number of nitrogens with two attached hydrogens (primary N) is 4. The lowest BCUT2D eigenvalue weighted by Gasteiger charge is -2.10. The lowest BCUT2D eigenvalue weighted by molar-refractivity contribution is 0.530. The van der Waals surface area contributed by atoms with Gasteiger partial charge in [0.1, 0.15) is 0 Å². The molecular weight excluding hydrogens is 318 g/mol. The molecule has 9 nitrogen and oxygen atoms in total. The highest BCUT2D eigenvalue weighted by Crippen LogP contribution is 1.76. The first kappa shape index (κ1) is 26.9. The summed E-state index contributed by atoms with van der Waals surface area (Å²) in [6.07, 6.45) is 2.44. The van der Waals surface area contributed by atoms with Crippen molar-refractivity contribution in [3.63, 3.8) is 0 Å². The SMILES string of the molecule is C1CNCCNCCCNCCNC1.NCCN.NCCNCCN. The van der Waals surface area contributed by atoms with Gasteiger partial charge in [0.05, 0.1) is 0 Å². The summed E-state index contributed by atoms with van der Waals surface area (Å²) in [4.78, 5) is 0. The van der Waals surface area contributed by atoms with Crippen LogP contribution in [0, 0.1) is 0 Å². The van der Waals surface area contributed by atoms with Crippen LogP contribution in [0.4, 0.5) is 0 Å². The fraction of sp³-hybridized carbons (Fsp3) is 1.00. The zero-order valence-corrected chi connectivity index (χ0v) is 16.1. The molecule has 1 aliphatic heterocycles. The minimum Gasteiger partial charge on any atom is -0.329 e. The maximum Gasteiger partial charge on any atom is 0.00767 e. The maximum atomic E-state index is 5.17. The summed E-state index contributed by atoms with van der Waals surface area (Å²) in [5, 5.41) is 16.7. The zero-order chi connectivity index (χ0) is 18.8. The van der Waals surface area contributed by atoms with E-state index in [1.807, 2.05) is 0 Å². The van der Waals surface area contributed by atoms with Gasteiger partial charge in [0.25, 0.3) is 0 Å². The van der Waals surface area contributed by atoms with Crippen molar-refractivity contribution < 1.29 is 0 Å². The lowest BCUT2D eigenvalue weighted by atomic mass is 10.3. The zero-order valence-electron chi connectivity index (χ0n) is 16.1. The van der Waals surface area contributed by atoms with Crippen molar-refractivity contribution in [2.45, 2.75) is 12.8 Å². The Bertz CT molecular complexity index is 149. The molecule has 13 N–H and O–H groups in total. The van der Waals surface area contributed by atoms with Crippen molar-refractivity contribution in [2.24, 2.45) is 22.9 Å². The normalized spacial score (nSPS) is 17.3. The van der Waals surface area contributed by atoms with Crippen LogP contribution in [0.3, 0.4) is 0 Å². The van der Waals surface area contributed by atoms with Gasteiger partial charge in [-0.3, -0.25) is 0 Å². The van der Waals surface area contributed by atoms with Crippen LogP contribution in [0.1, 0.15) is 12.8 Å². The van der Waals surface area contributed by atoms with E-state index < -0.39 is 0 Å². The van der Waals surface area contributed by atoms with Crippen molar-refractivity contribution in [3.05, 3.63) is 0 Å². The fourth-order valence-corrected chi connectivity index (χ4v) is 1.86. The summed E-state index contributed by atoms with van der Waals surface area (Å²) in [5.74, 6) is 0. The molecule has 1 rings (SSSR count). The van der Waals surface area contributed by atoms with E-state index in [0.29, 0.717) is 26.2 Å². The van der Waals surface area contributed by atoms with Gasteiger partial charge in [-0.15, -0.1) is 0 Å². The summed E-state index contributed by atoms with van der Waals surface area (Å²) >= 11 is 0. The van der Waals surface area contributed by atoms with Crippen molar-refractivity contribution >= 4 is 0 Å². The highest BCUT2D eigenvalue weighted by atomic mass is 15.0. The fourth-order valence-electron chi connectivity index (χ4n) is 1.86. The van der Waals surface area contributed by atoms with Crippen molar-refractivity contribution in [3.8, 4) is 0 Å². The molecule has 0 radical (unpaired) electrons. The number of rotatable bonds is 5. The van der Waals surface area contributed by atoms with E-state index >= 15 is 0 Å². The third kappa shape index (κ3) is 31.9. The van der Waals surface area contributed by atoms with Gasteiger partial charge < -0.3 is 49.5 Å². The third-order valence-corrected chi connectivity index (χ3v) is 3.18. The van der Waals surface area contributed by atoms with Gasteiger partial charge in [-0.05, 0) is 39.0 Å². The Morgan fingerprint density at radius 3 is 1.04 bits per heavy atom. The topological polar surface area (TPSA) is 164 Å². The van der Waals surface area contributed by atoms with Crippen molar-refractivity contribution in [1.82, 2.24) is 26.6 Å². The van der Waals surface area contributed by atoms with Crippen LogP contribution in [0.25, 0.3) is 0 Å². The van der Waals surface area contributed by atoms with Crippen LogP contribution in [0.15, 0.2) is 0 Å². The molecule has 0 aliphatic carbocycles. The van der Waals surface area contributed by atoms with E-state index in [-0.39, 0.29) is 0 Å². The molecule has 25 heavy (non-hydrogen) atoms. The van der Waals surface area contributed by atoms with Gasteiger partial charge in [0, 0.05) is 65.4 Å². The van der Waals surface area contributed by atoms with E-state index in [9.17, 15) is 0 Å². The number of hydrogen-bond donors (Lipinski definition) is 9. The van der Waals surface area contributed by atoms with E-state index in [1.54, 1.807) is 0 Å². The van der Waals surface area contributed by atoms with Crippen LogP contribution in [0.2, 0.25) is 0 Å². The van der Waals surface area contributed by atoms with E-state index in [1.165, 1.54) is 12.8 Å². The van der Waals surface area contributed by atoms with Gasteiger partial charge in [-0.1, -0.05) is 0 Å². The largest absolute Gasteiger partial charge is 0.329 e. The van der Waals surface area contributed by atoms with Crippen LogP contribution in [-0.2, 0) is 0 Å². The molecule has 0 saturated carbocycles. The molecule has 0 bridgehead atoms. The minimum atomic E-state index is 0.597. The molecule has 0 amide bonds. The highest BCUT2D eigenvalue weighted by molar-refractivity contribution is 4.58. The van der Waals surface area contributed by atoms with Gasteiger partial charge in [-0.25, -0.2) is 0 Å². The van der Waals surface area contributed by atoms with Crippen LogP contribution >= 0.6 is 0 Å². The third-order valence-electron chi connectivity index (χ3n) is 3.18. The Hall–Kier alpha value is -0.360. The molecule has 0 aromatic heterocycles. The average Bonchev–Trinajstić information content (AvgIpc) is 2.65. The Labute approximate surface area is 154 Å². The Balaban J connectivity index is 0. The maximum absolute atomic E-state index is 5.17. The molecule has 0 unspecified atom stereocenters.